The predicted molar refractivity (Wildman–Crippen MR) is 103 cm³/mol. The molecule has 0 spiro atoms. The number of hydrogen-bond acceptors (Lipinski definition) is 4. The third-order valence-corrected chi connectivity index (χ3v) is 5.38. The first-order valence-corrected chi connectivity index (χ1v) is 10.2. The van der Waals surface area contributed by atoms with Gasteiger partial charge < -0.3 is 13.6 Å². The van der Waals surface area contributed by atoms with Gasteiger partial charge in [0.05, 0.1) is 0 Å². The Balaban J connectivity index is 1.90. The van der Waals surface area contributed by atoms with Crippen LogP contribution < -0.4 is 13.6 Å². The second-order valence-electron chi connectivity index (χ2n) is 5.82. The van der Waals surface area contributed by atoms with Gasteiger partial charge in [-0.2, -0.15) is 17.7 Å². The molecule has 0 radical (unpaired) electrons. The van der Waals surface area contributed by atoms with Crippen LogP contribution in [-0.4, -0.2) is 6.18 Å². The molecule has 1 unspecified atom stereocenters. The first-order valence-electron chi connectivity index (χ1n) is 8.35. The molecule has 0 saturated carbocycles. The van der Waals surface area contributed by atoms with Gasteiger partial charge in [0.1, 0.15) is 17.2 Å². The number of phosphoric ester groups is 1. The van der Waals surface area contributed by atoms with Gasteiger partial charge in [0, 0.05) is 0 Å². The van der Waals surface area contributed by atoms with Crippen LogP contribution in [0.15, 0.2) is 84.9 Å². The first kappa shape index (κ1) is 21.1. The molecule has 0 saturated heterocycles. The van der Waals surface area contributed by atoms with Crippen molar-refractivity contribution in [2.24, 2.45) is 0 Å². The number of para-hydroxylation sites is 2. The van der Waals surface area contributed by atoms with E-state index in [9.17, 15) is 17.7 Å². The van der Waals surface area contributed by atoms with Gasteiger partial charge in [-0.3, -0.25) is 0 Å². The van der Waals surface area contributed by atoms with E-state index in [1.165, 1.54) is 18.2 Å². The van der Waals surface area contributed by atoms with Crippen molar-refractivity contribution in [3.05, 3.63) is 90.5 Å². The first-order chi connectivity index (χ1) is 13.8. The van der Waals surface area contributed by atoms with Gasteiger partial charge in [0.25, 0.3) is 0 Å². The van der Waals surface area contributed by atoms with E-state index in [1.54, 1.807) is 60.7 Å². The lowest BCUT2D eigenvalue weighted by Crippen LogP contribution is -2.15. The van der Waals surface area contributed by atoms with Gasteiger partial charge in [0.15, 0.2) is 5.38 Å². The Kier molecular flexibility index (Phi) is 6.40. The fourth-order valence-corrected chi connectivity index (χ4v) is 3.70. The van der Waals surface area contributed by atoms with Crippen molar-refractivity contribution in [2.75, 3.05) is 0 Å². The molecule has 0 N–H and O–H groups in total. The molecule has 9 heteroatoms. The Bertz CT molecular complexity index is 938. The molecule has 0 aromatic heterocycles. The van der Waals surface area contributed by atoms with E-state index in [2.05, 4.69) is 0 Å². The van der Waals surface area contributed by atoms with Gasteiger partial charge in [-0.1, -0.05) is 48.5 Å². The standard InChI is InChI=1S/C20H15ClF3O4P/c21-19(20(22,23)24)15-8-7-13-18(14-15)28-29(25,26-16-9-3-1-4-10-16)27-17-11-5-2-6-12-17/h1-14,19H. The second-order valence-corrected chi connectivity index (χ2v) is 7.70. The Labute approximate surface area is 170 Å². The summed E-state index contributed by atoms with van der Waals surface area (Å²) in [4.78, 5) is 0. The highest BCUT2D eigenvalue weighted by atomic mass is 35.5. The van der Waals surface area contributed by atoms with E-state index in [0.29, 0.717) is 0 Å². The van der Waals surface area contributed by atoms with Crippen LogP contribution in [0.5, 0.6) is 17.2 Å². The van der Waals surface area contributed by atoms with Gasteiger partial charge in [-0.25, -0.2) is 0 Å². The SMILES string of the molecule is O=P(Oc1ccccc1)(Oc1ccccc1)Oc1cccc(C(Cl)C(F)(F)F)c1. The summed E-state index contributed by atoms with van der Waals surface area (Å²) in [5, 5.41) is -2.24. The van der Waals surface area contributed by atoms with Crippen LogP contribution in [0.2, 0.25) is 0 Å². The molecule has 0 aliphatic carbocycles. The molecule has 0 fully saturated rings. The number of benzene rings is 3. The van der Waals surface area contributed by atoms with Crippen molar-refractivity contribution >= 4 is 19.4 Å². The van der Waals surface area contributed by atoms with E-state index >= 15 is 0 Å². The van der Waals surface area contributed by atoms with Crippen LogP contribution in [0.3, 0.4) is 0 Å². The molecule has 3 aromatic rings. The maximum absolute atomic E-state index is 13.3. The molecule has 0 aliphatic heterocycles. The highest BCUT2D eigenvalue weighted by Gasteiger charge is 2.40. The Morgan fingerprint density at radius 3 is 1.66 bits per heavy atom. The van der Waals surface area contributed by atoms with E-state index in [0.717, 1.165) is 6.07 Å². The fraction of sp³-hybridized carbons (Fsp3) is 0.100. The molecule has 1 atom stereocenters. The number of phosphoric acid groups is 1. The topological polar surface area (TPSA) is 44.8 Å². The smallest absolute Gasteiger partial charge is 0.386 e. The van der Waals surface area contributed by atoms with Crippen LogP contribution in [-0.2, 0) is 4.57 Å². The third kappa shape index (κ3) is 5.92. The van der Waals surface area contributed by atoms with E-state index < -0.39 is 19.4 Å². The van der Waals surface area contributed by atoms with E-state index in [4.69, 9.17) is 25.2 Å². The van der Waals surface area contributed by atoms with Crippen molar-refractivity contribution in [3.63, 3.8) is 0 Å². The number of rotatable bonds is 7. The van der Waals surface area contributed by atoms with Gasteiger partial charge in [0.2, 0.25) is 0 Å². The average Bonchev–Trinajstić information content (AvgIpc) is 2.68. The molecule has 3 rings (SSSR count). The molecule has 4 nitrogen and oxygen atoms in total. The summed E-state index contributed by atoms with van der Waals surface area (Å²) in [6.45, 7) is 0. The average molecular weight is 443 g/mol. The summed E-state index contributed by atoms with van der Waals surface area (Å²) in [5.41, 5.74) is -0.261. The summed E-state index contributed by atoms with van der Waals surface area (Å²) in [5.74, 6) is 0.259. The summed E-state index contributed by atoms with van der Waals surface area (Å²) >= 11 is 5.47. The zero-order chi connectivity index (χ0) is 20.9. The lowest BCUT2D eigenvalue weighted by Gasteiger charge is -2.20. The third-order valence-electron chi connectivity index (χ3n) is 3.58. The molecule has 0 heterocycles. The minimum absolute atomic E-state index is 0.146. The number of halogens is 4. The highest BCUT2D eigenvalue weighted by molar-refractivity contribution is 7.49. The maximum atomic E-state index is 13.3. The lowest BCUT2D eigenvalue weighted by atomic mass is 10.1. The zero-order valence-corrected chi connectivity index (χ0v) is 16.4. The Morgan fingerprint density at radius 2 is 1.17 bits per heavy atom. The van der Waals surface area contributed by atoms with Crippen LogP contribution in [0.25, 0.3) is 0 Å². The van der Waals surface area contributed by atoms with Crippen molar-refractivity contribution in [1.29, 1.82) is 0 Å². The quantitative estimate of drug-likeness (QED) is 0.287. The Hall–Kier alpha value is -2.63. The molecule has 0 bridgehead atoms. The minimum atomic E-state index is -4.65. The van der Waals surface area contributed by atoms with E-state index in [-0.39, 0.29) is 22.8 Å². The van der Waals surface area contributed by atoms with Crippen LogP contribution in [0.1, 0.15) is 10.9 Å². The highest BCUT2D eigenvalue weighted by Crippen LogP contribution is 2.50. The Morgan fingerprint density at radius 1 is 0.724 bits per heavy atom. The van der Waals surface area contributed by atoms with Gasteiger partial charge in [-0.05, 0) is 42.0 Å². The summed E-state index contributed by atoms with van der Waals surface area (Å²) in [6, 6.07) is 21.1. The summed E-state index contributed by atoms with van der Waals surface area (Å²) in [7, 11) is -4.30. The number of alkyl halides is 4. The van der Waals surface area contributed by atoms with Gasteiger partial charge in [-0.15, -0.1) is 11.6 Å². The predicted octanol–water partition coefficient (Wildman–Crippen LogP) is 7.17. The molecular weight excluding hydrogens is 428 g/mol. The molecular formula is C20H15ClF3O4P. The fourth-order valence-electron chi connectivity index (χ4n) is 2.32. The van der Waals surface area contributed by atoms with E-state index in [1.807, 2.05) is 0 Å². The van der Waals surface area contributed by atoms with Crippen molar-refractivity contribution in [2.45, 2.75) is 11.6 Å². The maximum Gasteiger partial charge on any atom is 0.647 e. The van der Waals surface area contributed by atoms with Crippen LogP contribution >= 0.6 is 19.4 Å². The van der Waals surface area contributed by atoms with Gasteiger partial charge >= 0.3 is 14.0 Å². The molecule has 0 amide bonds. The van der Waals surface area contributed by atoms with Crippen LogP contribution in [0, 0.1) is 0 Å². The lowest BCUT2D eigenvalue weighted by molar-refractivity contribution is -0.131. The van der Waals surface area contributed by atoms with Crippen molar-refractivity contribution < 1.29 is 31.3 Å². The second kappa shape index (κ2) is 8.80. The van der Waals surface area contributed by atoms with Crippen molar-refractivity contribution in [1.82, 2.24) is 0 Å². The number of hydrogen-bond donors (Lipinski definition) is 0. The molecule has 0 aliphatic rings. The molecule has 3 aromatic carbocycles. The largest absolute Gasteiger partial charge is 0.647 e. The minimum Gasteiger partial charge on any atom is -0.386 e. The molecule has 29 heavy (non-hydrogen) atoms. The summed E-state index contributed by atoms with van der Waals surface area (Å²) in [6.07, 6.45) is -4.65. The normalized spacial score (nSPS) is 12.8. The van der Waals surface area contributed by atoms with Crippen molar-refractivity contribution in [3.8, 4) is 17.2 Å². The zero-order valence-electron chi connectivity index (χ0n) is 14.8. The monoisotopic (exact) mass is 442 g/mol. The molecule has 152 valence electrons. The van der Waals surface area contributed by atoms with Crippen LogP contribution in [0.4, 0.5) is 13.2 Å². The summed E-state index contributed by atoms with van der Waals surface area (Å²) < 4.78 is 68.3.